The van der Waals surface area contributed by atoms with Gasteiger partial charge in [0.2, 0.25) is 5.91 Å². The third-order valence-corrected chi connectivity index (χ3v) is 3.82. The minimum Gasteiger partial charge on any atom is -0.495 e. The van der Waals surface area contributed by atoms with Crippen LogP contribution in [0.4, 0.5) is 5.69 Å². The van der Waals surface area contributed by atoms with Gasteiger partial charge in [-0.15, -0.1) is 0 Å². The summed E-state index contributed by atoms with van der Waals surface area (Å²) in [6.45, 7) is 0.612. The smallest absolute Gasteiger partial charge is 0.222 e. The van der Waals surface area contributed by atoms with Crippen molar-refractivity contribution in [3.63, 3.8) is 0 Å². The van der Waals surface area contributed by atoms with E-state index >= 15 is 0 Å². The average Bonchev–Trinajstić information content (AvgIpc) is 2.95. The van der Waals surface area contributed by atoms with Crippen molar-refractivity contribution in [2.45, 2.75) is 18.9 Å². The van der Waals surface area contributed by atoms with Gasteiger partial charge in [-0.05, 0) is 24.6 Å². The second-order valence-corrected chi connectivity index (χ2v) is 5.70. The van der Waals surface area contributed by atoms with Crippen LogP contribution in [0.3, 0.4) is 0 Å². The fourth-order valence-corrected chi connectivity index (χ4v) is 2.60. The first-order chi connectivity index (χ1) is 10.6. The number of carbonyl (C=O) groups excluding carboxylic acids is 1. The van der Waals surface area contributed by atoms with Crippen LogP contribution in [0.25, 0.3) is 0 Å². The largest absolute Gasteiger partial charge is 0.495 e. The number of rotatable bonds is 7. The molecule has 6 heteroatoms. The Morgan fingerprint density at radius 2 is 2.27 bits per heavy atom. The van der Waals surface area contributed by atoms with Crippen molar-refractivity contribution < 1.29 is 14.6 Å². The highest BCUT2D eigenvalue weighted by Gasteiger charge is 2.19. The molecule has 0 saturated heterocycles. The first kappa shape index (κ1) is 16.6. The lowest BCUT2D eigenvalue weighted by molar-refractivity contribution is -0.121. The molecule has 0 bridgehead atoms. The van der Waals surface area contributed by atoms with E-state index in [0.29, 0.717) is 23.7 Å². The fourth-order valence-electron chi connectivity index (χ4n) is 2.42. The lowest BCUT2D eigenvalue weighted by Gasteiger charge is -2.14. The standard InChI is InChI=1S/C16H21ClN2O3/c1-22-15-5-3-12(17)9-14(15)18-7-6-16(21)19-13-4-2-11(8-13)10-20/h2-5,9,11,13,18,20H,6-8,10H2,1H3,(H,19,21)/t11-,13+/m0/s1. The molecule has 1 aliphatic carbocycles. The molecule has 0 radical (unpaired) electrons. The predicted octanol–water partition coefficient (Wildman–Crippen LogP) is 2.20. The van der Waals surface area contributed by atoms with Gasteiger partial charge in [0.15, 0.2) is 0 Å². The van der Waals surface area contributed by atoms with Crippen LogP contribution in [0.15, 0.2) is 30.4 Å². The van der Waals surface area contributed by atoms with Gasteiger partial charge >= 0.3 is 0 Å². The summed E-state index contributed by atoms with van der Waals surface area (Å²) < 4.78 is 5.24. The predicted molar refractivity (Wildman–Crippen MR) is 87.4 cm³/mol. The van der Waals surface area contributed by atoms with E-state index in [2.05, 4.69) is 10.6 Å². The Labute approximate surface area is 135 Å². The topological polar surface area (TPSA) is 70.6 Å². The molecule has 5 nitrogen and oxygen atoms in total. The van der Waals surface area contributed by atoms with Crippen LogP contribution in [0.1, 0.15) is 12.8 Å². The molecule has 0 unspecified atom stereocenters. The van der Waals surface area contributed by atoms with Crippen LogP contribution in [-0.4, -0.2) is 37.3 Å². The van der Waals surface area contributed by atoms with Gasteiger partial charge in [-0.1, -0.05) is 23.8 Å². The summed E-state index contributed by atoms with van der Waals surface area (Å²) in [6, 6.07) is 5.32. The van der Waals surface area contributed by atoms with E-state index in [-0.39, 0.29) is 24.5 Å². The number of aliphatic hydroxyl groups is 1. The summed E-state index contributed by atoms with van der Waals surface area (Å²) in [5.41, 5.74) is 0.768. The molecule has 2 rings (SSSR count). The molecule has 120 valence electrons. The number of methoxy groups -OCH3 is 1. The molecule has 3 N–H and O–H groups in total. The summed E-state index contributed by atoms with van der Waals surface area (Å²) in [7, 11) is 1.59. The van der Waals surface area contributed by atoms with Crippen molar-refractivity contribution in [3.05, 3.63) is 35.4 Å². The Morgan fingerprint density at radius 3 is 2.95 bits per heavy atom. The van der Waals surface area contributed by atoms with Crippen LogP contribution in [0.2, 0.25) is 5.02 Å². The number of ether oxygens (including phenoxy) is 1. The number of benzene rings is 1. The number of halogens is 1. The zero-order valence-electron chi connectivity index (χ0n) is 12.5. The molecule has 0 fully saturated rings. The van der Waals surface area contributed by atoms with E-state index in [1.165, 1.54) is 0 Å². The number of amides is 1. The number of carbonyl (C=O) groups is 1. The van der Waals surface area contributed by atoms with Crippen LogP contribution in [0, 0.1) is 5.92 Å². The highest BCUT2D eigenvalue weighted by molar-refractivity contribution is 6.30. The van der Waals surface area contributed by atoms with E-state index in [1.54, 1.807) is 25.3 Å². The third kappa shape index (κ3) is 4.64. The van der Waals surface area contributed by atoms with Gasteiger partial charge in [-0.25, -0.2) is 0 Å². The summed E-state index contributed by atoms with van der Waals surface area (Å²) in [6.07, 6.45) is 4.99. The second kappa shape index (κ2) is 8.06. The van der Waals surface area contributed by atoms with Crippen molar-refractivity contribution in [2.24, 2.45) is 5.92 Å². The second-order valence-electron chi connectivity index (χ2n) is 5.26. The number of hydrogen-bond acceptors (Lipinski definition) is 4. The summed E-state index contributed by atoms with van der Waals surface area (Å²) in [4.78, 5) is 11.9. The molecular weight excluding hydrogens is 304 g/mol. The maximum Gasteiger partial charge on any atom is 0.222 e. The molecule has 0 aromatic heterocycles. The van der Waals surface area contributed by atoms with Crippen LogP contribution in [0.5, 0.6) is 5.75 Å². The van der Waals surface area contributed by atoms with E-state index < -0.39 is 0 Å². The van der Waals surface area contributed by atoms with Crippen LogP contribution >= 0.6 is 11.6 Å². The van der Waals surface area contributed by atoms with Crippen molar-refractivity contribution >= 4 is 23.2 Å². The fraction of sp³-hybridized carbons (Fsp3) is 0.438. The minimum absolute atomic E-state index is 0.0188. The van der Waals surface area contributed by atoms with Gasteiger partial charge in [0.1, 0.15) is 5.75 Å². The molecule has 1 aliphatic rings. The number of nitrogens with one attached hydrogen (secondary N) is 2. The Kier molecular flexibility index (Phi) is 6.10. The van der Waals surface area contributed by atoms with Crippen LogP contribution in [-0.2, 0) is 4.79 Å². The average molecular weight is 325 g/mol. The van der Waals surface area contributed by atoms with E-state index in [9.17, 15) is 4.79 Å². The van der Waals surface area contributed by atoms with Gasteiger partial charge < -0.3 is 20.5 Å². The lowest BCUT2D eigenvalue weighted by atomic mass is 10.1. The van der Waals surface area contributed by atoms with E-state index in [0.717, 1.165) is 12.1 Å². The van der Waals surface area contributed by atoms with Gasteiger partial charge in [0.25, 0.3) is 0 Å². The number of aliphatic hydroxyl groups excluding tert-OH is 1. The SMILES string of the molecule is COc1ccc(Cl)cc1NCCC(=O)N[C@@H]1C=C[C@H](CO)C1. The first-order valence-corrected chi connectivity index (χ1v) is 7.66. The van der Waals surface area contributed by atoms with Crippen molar-refractivity contribution in [3.8, 4) is 5.75 Å². The molecule has 1 aromatic rings. The minimum atomic E-state index is -0.0262. The highest BCUT2D eigenvalue weighted by atomic mass is 35.5. The number of anilines is 1. The maximum absolute atomic E-state index is 11.9. The molecule has 0 spiro atoms. The van der Waals surface area contributed by atoms with Gasteiger partial charge in [-0.3, -0.25) is 4.79 Å². The molecule has 2 atom stereocenters. The molecule has 1 aromatic carbocycles. The molecule has 22 heavy (non-hydrogen) atoms. The Hall–Kier alpha value is -1.72. The quantitative estimate of drug-likeness (QED) is 0.672. The molecule has 0 heterocycles. The Bertz CT molecular complexity index is 548. The molecule has 0 aliphatic heterocycles. The first-order valence-electron chi connectivity index (χ1n) is 7.28. The molecular formula is C16H21ClN2O3. The highest BCUT2D eigenvalue weighted by Crippen LogP contribution is 2.27. The van der Waals surface area contributed by atoms with Crippen LogP contribution < -0.4 is 15.4 Å². The van der Waals surface area contributed by atoms with Gasteiger partial charge in [0.05, 0.1) is 12.8 Å². The Balaban J connectivity index is 1.76. The van der Waals surface area contributed by atoms with Gasteiger partial charge in [0, 0.05) is 36.6 Å². The summed E-state index contributed by atoms with van der Waals surface area (Å²) in [5, 5.41) is 15.8. The monoisotopic (exact) mass is 324 g/mol. The Morgan fingerprint density at radius 1 is 1.45 bits per heavy atom. The number of hydrogen-bond donors (Lipinski definition) is 3. The van der Waals surface area contributed by atoms with E-state index in [4.69, 9.17) is 21.4 Å². The molecule has 0 saturated carbocycles. The zero-order valence-corrected chi connectivity index (χ0v) is 13.3. The zero-order chi connectivity index (χ0) is 15.9. The van der Waals surface area contributed by atoms with E-state index in [1.807, 2.05) is 12.2 Å². The van der Waals surface area contributed by atoms with Crippen molar-refractivity contribution in [1.82, 2.24) is 5.32 Å². The summed E-state index contributed by atoms with van der Waals surface area (Å²) >= 11 is 5.95. The van der Waals surface area contributed by atoms with Crippen molar-refractivity contribution in [1.29, 1.82) is 0 Å². The van der Waals surface area contributed by atoms with Crippen molar-refractivity contribution in [2.75, 3.05) is 25.6 Å². The lowest BCUT2D eigenvalue weighted by Crippen LogP contribution is -2.33. The summed E-state index contributed by atoms with van der Waals surface area (Å²) in [5.74, 6) is 0.815. The third-order valence-electron chi connectivity index (χ3n) is 3.58. The normalized spacial score (nSPS) is 20.0. The van der Waals surface area contributed by atoms with Gasteiger partial charge in [-0.2, -0.15) is 0 Å². The molecule has 1 amide bonds. The maximum atomic E-state index is 11.9.